The van der Waals surface area contributed by atoms with Crippen molar-refractivity contribution in [3.8, 4) is 6.07 Å². The van der Waals surface area contributed by atoms with Crippen molar-refractivity contribution in [3.05, 3.63) is 0 Å². The van der Waals surface area contributed by atoms with Gasteiger partial charge in [-0.25, -0.2) is 0 Å². The Morgan fingerprint density at radius 2 is 2.00 bits per heavy atom. The van der Waals surface area contributed by atoms with Crippen LogP contribution in [0.25, 0.3) is 0 Å². The SMILES string of the molecule is CCCC(C)[C@H](CCO)CCC#N. The van der Waals surface area contributed by atoms with Gasteiger partial charge in [0, 0.05) is 13.0 Å². The molecule has 0 heterocycles. The Labute approximate surface area is 81.6 Å². The number of hydrogen-bond donors (Lipinski definition) is 1. The van der Waals surface area contributed by atoms with Crippen molar-refractivity contribution in [3.63, 3.8) is 0 Å². The summed E-state index contributed by atoms with van der Waals surface area (Å²) in [7, 11) is 0. The van der Waals surface area contributed by atoms with Crippen LogP contribution >= 0.6 is 0 Å². The van der Waals surface area contributed by atoms with E-state index in [4.69, 9.17) is 10.4 Å². The van der Waals surface area contributed by atoms with Crippen molar-refractivity contribution in [1.82, 2.24) is 0 Å². The van der Waals surface area contributed by atoms with Crippen molar-refractivity contribution in [2.45, 2.75) is 46.0 Å². The van der Waals surface area contributed by atoms with Gasteiger partial charge in [0.2, 0.25) is 0 Å². The molecule has 76 valence electrons. The molecule has 0 fully saturated rings. The van der Waals surface area contributed by atoms with Gasteiger partial charge >= 0.3 is 0 Å². The van der Waals surface area contributed by atoms with Gasteiger partial charge in [0.15, 0.2) is 0 Å². The van der Waals surface area contributed by atoms with E-state index in [1.165, 1.54) is 12.8 Å². The molecule has 0 saturated carbocycles. The third-order valence-corrected chi connectivity index (χ3v) is 2.68. The summed E-state index contributed by atoms with van der Waals surface area (Å²) in [4.78, 5) is 0. The number of nitriles is 1. The molecule has 1 unspecified atom stereocenters. The summed E-state index contributed by atoms with van der Waals surface area (Å²) in [6.45, 7) is 4.65. The largest absolute Gasteiger partial charge is 0.396 e. The van der Waals surface area contributed by atoms with E-state index in [9.17, 15) is 0 Å². The highest BCUT2D eigenvalue weighted by atomic mass is 16.3. The van der Waals surface area contributed by atoms with Crippen molar-refractivity contribution in [2.24, 2.45) is 11.8 Å². The Hall–Kier alpha value is -0.550. The van der Waals surface area contributed by atoms with E-state index in [1.54, 1.807) is 0 Å². The Balaban J connectivity index is 3.84. The first-order chi connectivity index (χ1) is 6.26. The number of rotatable bonds is 7. The van der Waals surface area contributed by atoms with Crippen molar-refractivity contribution in [2.75, 3.05) is 6.61 Å². The van der Waals surface area contributed by atoms with Crippen molar-refractivity contribution >= 4 is 0 Å². The first-order valence-electron chi connectivity index (χ1n) is 5.24. The summed E-state index contributed by atoms with van der Waals surface area (Å²) in [5.74, 6) is 1.18. The highest BCUT2D eigenvalue weighted by Crippen LogP contribution is 2.24. The van der Waals surface area contributed by atoms with Gasteiger partial charge in [0.05, 0.1) is 6.07 Å². The van der Waals surface area contributed by atoms with E-state index >= 15 is 0 Å². The maximum absolute atomic E-state index is 8.87. The molecule has 0 aromatic rings. The van der Waals surface area contributed by atoms with Crippen LogP contribution in [0.2, 0.25) is 0 Å². The van der Waals surface area contributed by atoms with Crippen molar-refractivity contribution < 1.29 is 5.11 Å². The maximum atomic E-state index is 8.87. The molecule has 0 saturated heterocycles. The zero-order chi connectivity index (χ0) is 10.1. The smallest absolute Gasteiger partial charge is 0.0621 e. The molecule has 0 aliphatic rings. The van der Waals surface area contributed by atoms with Crippen LogP contribution < -0.4 is 0 Å². The van der Waals surface area contributed by atoms with Crippen LogP contribution in [0.15, 0.2) is 0 Å². The predicted molar refractivity (Wildman–Crippen MR) is 54.1 cm³/mol. The lowest BCUT2D eigenvalue weighted by Crippen LogP contribution is -2.13. The summed E-state index contributed by atoms with van der Waals surface area (Å²) in [5, 5.41) is 17.4. The van der Waals surface area contributed by atoms with Crippen LogP contribution in [-0.2, 0) is 0 Å². The zero-order valence-corrected chi connectivity index (χ0v) is 8.79. The minimum atomic E-state index is 0.254. The molecule has 0 aliphatic heterocycles. The van der Waals surface area contributed by atoms with Crippen LogP contribution in [0.4, 0.5) is 0 Å². The lowest BCUT2D eigenvalue weighted by molar-refractivity contribution is 0.212. The van der Waals surface area contributed by atoms with Crippen molar-refractivity contribution in [1.29, 1.82) is 5.26 Å². The second-order valence-electron chi connectivity index (χ2n) is 3.74. The zero-order valence-electron chi connectivity index (χ0n) is 8.79. The summed E-state index contributed by atoms with van der Waals surface area (Å²) >= 11 is 0. The predicted octanol–water partition coefficient (Wildman–Crippen LogP) is 2.72. The minimum absolute atomic E-state index is 0.254. The molecule has 0 rings (SSSR count). The van der Waals surface area contributed by atoms with Gasteiger partial charge in [-0.15, -0.1) is 0 Å². The van der Waals surface area contributed by atoms with Gasteiger partial charge in [0.1, 0.15) is 0 Å². The quantitative estimate of drug-likeness (QED) is 0.659. The molecule has 0 aliphatic carbocycles. The average Bonchev–Trinajstić information content (AvgIpc) is 2.12. The Morgan fingerprint density at radius 1 is 1.31 bits per heavy atom. The second-order valence-corrected chi connectivity index (χ2v) is 3.74. The number of aliphatic hydroxyl groups excluding tert-OH is 1. The van der Waals surface area contributed by atoms with Crippen LogP contribution in [0.3, 0.4) is 0 Å². The molecule has 0 spiro atoms. The van der Waals surface area contributed by atoms with E-state index in [0.29, 0.717) is 18.3 Å². The van der Waals surface area contributed by atoms with Gasteiger partial charge in [-0.05, 0) is 24.7 Å². The summed E-state index contributed by atoms with van der Waals surface area (Å²) in [6, 6.07) is 2.17. The summed E-state index contributed by atoms with van der Waals surface area (Å²) < 4.78 is 0. The topological polar surface area (TPSA) is 44.0 Å². The Bertz CT molecular complexity index is 151. The Morgan fingerprint density at radius 3 is 2.46 bits per heavy atom. The van der Waals surface area contributed by atoms with Gasteiger partial charge in [0.25, 0.3) is 0 Å². The fraction of sp³-hybridized carbons (Fsp3) is 0.909. The van der Waals surface area contributed by atoms with Gasteiger partial charge in [-0.2, -0.15) is 5.26 Å². The van der Waals surface area contributed by atoms with Crippen LogP contribution in [0, 0.1) is 23.2 Å². The van der Waals surface area contributed by atoms with E-state index in [2.05, 4.69) is 19.9 Å². The van der Waals surface area contributed by atoms with Gasteiger partial charge < -0.3 is 5.11 Å². The molecule has 1 N–H and O–H groups in total. The third-order valence-electron chi connectivity index (χ3n) is 2.68. The molecule has 2 heteroatoms. The van der Waals surface area contributed by atoms with Gasteiger partial charge in [-0.3, -0.25) is 0 Å². The monoisotopic (exact) mass is 183 g/mol. The van der Waals surface area contributed by atoms with Crippen LogP contribution in [0.1, 0.15) is 46.0 Å². The van der Waals surface area contributed by atoms with E-state index in [1.807, 2.05) is 0 Å². The van der Waals surface area contributed by atoms with E-state index in [0.717, 1.165) is 12.8 Å². The fourth-order valence-electron chi connectivity index (χ4n) is 1.82. The summed E-state index contributed by atoms with van der Waals surface area (Å²) in [6.07, 6.45) is 4.81. The lowest BCUT2D eigenvalue weighted by Gasteiger charge is -2.21. The first-order valence-corrected chi connectivity index (χ1v) is 5.24. The van der Waals surface area contributed by atoms with Crippen LogP contribution in [-0.4, -0.2) is 11.7 Å². The molecular formula is C11H21NO. The molecule has 0 amide bonds. The summed E-state index contributed by atoms with van der Waals surface area (Å²) in [5.41, 5.74) is 0. The lowest BCUT2D eigenvalue weighted by atomic mass is 9.85. The number of hydrogen-bond acceptors (Lipinski definition) is 2. The van der Waals surface area contributed by atoms with Crippen LogP contribution in [0.5, 0.6) is 0 Å². The minimum Gasteiger partial charge on any atom is -0.396 e. The molecule has 2 nitrogen and oxygen atoms in total. The fourth-order valence-corrected chi connectivity index (χ4v) is 1.82. The number of aliphatic hydroxyl groups is 1. The molecular weight excluding hydrogens is 162 g/mol. The normalized spacial score (nSPS) is 14.9. The average molecular weight is 183 g/mol. The van der Waals surface area contributed by atoms with E-state index < -0.39 is 0 Å². The van der Waals surface area contributed by atoms with E-state index in [-0.39, 0.29) is 6.61 Å². The van der Waals surface area contributed by atoms with Gasteiger partial charge in [-0.1, -0.05) is 26.7 Å². The molecule has 0 aromatic carbocycles. The number of nitrogens with zero attached hydrogens (tertiary/aromatic N) is 1. The Kier molecular flexibility index (Phi) is 7.73. The highest BCUT2D eigenvalue weighted by molar-refractivity contribution is 4.74. The first kappa shape index (κ1) is 12.4. The maximum Gasteiger partial charge on any atom is 0.0621 e. The molecule has 0 aromatic heterocycles. The second kappa shape index (κ2) is 8.07. The molecule has 13 heavy (non-hydrogen) atoms. The standard InChI is InChI=1S/C11H21NO/c1-3-5-10(2)11(7-9-13)6-4-8-12/h10-11,13H,3-7,9H2,1-2H3/t10?,11-/m0/s1. The molecule has 2 atom stereocenters. The third kappa shape index (κ3) is 5.65. The highest BCUT2D eigenvalue weighted by Gasteiger charge is 2.15. The molecule has 0 radical (unpaired) electrons. The molecule has 0 bridgehead atoms.